The number of rotatable bonds is 2. The van der Waals surface area contributed by atoms with Gasteiger partial charge in [0.15, 0.2) is 11.5 Å². The van der Waals surface area contributed by atoms with Crippen LogP contribution in [-0.2, 0) is 0 Å². The first kappa shape index (κ1) is 13.2. The molecular weight excluding hydrogens is 254 g/mol. The molecule has 1 aliphatic carbocycles. The summed E-state index contributed by atoms with van der Waals surface area (Å²) in [6.07, 6.45) is 4.72. The van der Waals surface area contributed by atoms with E-state index in [0.717, 1.165) is 17.8 Å². The molecule has 0 amide bonds. The predicted molar refractivity (Wildman–Crippen MR) is 76.0 cm³/mol. The van der Waals surface area contributed by atoms with Crippen molar-refractivity contribution in [3.8, 4) is 0 Å². The van der Waals surface area contributed by atoms with E-state index in [1.165, 1.54) is 19.3 Å². The molecule has 1 aromatic carbocycles. The number of aromatic nitrogens is 1. The maximum Gasteiger partial charge on any atom is 0.335 e. The SMILES string of the molecule is CC1(C)CCCCC1c1nc2ccc(C(=O)O)cc2o1. The number of benzene rings is 1. The molecule has 0 aliphatic heterocycles. The molecule has 3 rings (SSSR count). The molecule has 0 spiro atoms. The van der Waals surface area contributed by atoms with E-state index in [1.54, 1.807) is 18.2 Å². The fourth-order valence-corrected chi connectivity index (χ4v) is 3.18. The molecule has 4 nitrogen and oxygen atoms in total. The molecule has 2 aromatic rings. The Morgan fingerprint density at radius 1 is 1.40 bits per heavy atom. The number of carboxylic acids is 1. The van der Waals surface area contributed by atoms with Crippen LogP contribution in [0.15, 0.2) is 22.6 Å². The normalized spacial score (nSPS) is 22.0. The molecule has 106 valence electrons. The number of aromatic carboxylic acids is 1. The number of fused-ring (bicyclic) bond motifs is 1. The van der Waals surface area contributed by atoms with Gasteiger partial charge in [-0.3, -0.25) is 0 Å². The van der Waals surface area contributed by atoms with E-state index in [-0.39, 0.29) is 11.0 Å². The van der Waals surface area contributed by atoms with Crippen molar-refractivity contribution in [3.05, 3.63) is 29.7 Å². The first-order valence-corrected chi connectivity index (χ1v) is 7.11. The van der Waals surface area contributed by atoms with Gasteiger partial charge in [-0.25, -0.2) is 9.78 Å². The van der Waals surface area contributed by atoms with Crippen molar-refractivity contribution in [2.45, 2.75) is 45.4 Å². The van der Waals surface area contributed by atoms with Gasteiger partial charge in [-0.2, -0.15) is 0 Å². The van der Waals surface area contributed by atoms with Crippen LogP contribution >= 0.6 is 0 Å². The molecule has 1 aromatic heterocycles. The van der Waals surface area contributed by atoms with Crippen molar-refractivity contribution in [1.82, 2.24) is 4.98 Å². The summed E-state index contributed by atoms with van der Waals surface area (Å²) in [5.41, 5.74) is 1.74. The monoisotopic (exact) mass is 273 g/mol. The zero-order valence-corrected chi connectivity index (χ0v) is 11.8. The number of carbonyl (C=O) groups is 1. The van der Waals surface area contributed by atoms with Gasteiger partial charge >= 0.3 is 5.97 Å². The maximum atomic E-state index is 11.0. The minimum atomic E-state index is -0.942. The van der Waals surface area contributed by atoms with Crippen molar-refractivity contribution in [2.75, 3.05) is 0 Å². The van der Waals surface area contributed by atoms with E-state index in [9.17, 15) is 4.79 Å². The van der Waals surface area contributed by atoms with Gasteiger partial charge in [-0.1, -0.05) is 26.7 Å². The lowest BCUT2D eigenvalue weighted by molar-refractivity contribution is 0.0697. The van der Waals surface area contributed by atoms with E-state index in [1.807, 2.05) is 0 Å². The highest BCUT2D eigenvalue weighted by molar-refractivity contribution is 5.91. The molecule has 1 heterocycles. The van der Waals surface area contributed by atoms with E-state index in [2.05, 4.69) is 18.8 Å². The second-order valence-electron chi connectivity index (χ2n) is 6.33. The van der Waals surface area contributed by atoms with Gasteiger partial charge in [0.25, 0.3) is 0 Å². The molecule has 1 N–H and O–H groups in total. The maximum absolute atomic E-state index is 11.0. The molecule has 1 unspecified atom stereocenters. The van der Waals surface area contributed by atoms with Crippen LogP contribution in [0.5, 0.6) is 0 Å². The minimum Gasteiger partial charge on any atom is -0.478 e. The first-order valence-electron chi connectivity index (χ1n) is 7.11. The summed E-state index contributed by atoms with van der Waals surface area (Å²) in [5.74, 6) is 0.131. The molecule has 4 heteroatoms. The molecule has 20 heavy (non-hydrogen) atoms. The Hall–Kier alpha value is -1.84. The highest BCUT2D eigenvalue weighted by Crippen LogP contribution is 2.46. The zero-order valence-electron chi connectivity index (χ0n) is 11.8. The van der Waals surface area contributed by atoms with Crippen LogP contribution in [0.4, 0.5) is 0 Å². The molecule has 0 bridgehead atoms. The topological polar surface area (TPSA) is 63.3 Å². The van der Waals surface area contributed by atoms with Crippen molar-refractivity contribution >= 4 is 17.1 Å². The van der Waals surface area contributed by atoms with Crippen molar-refractivity contribution < 1.29 is 14.3 Å². The largest absolute Gasteiger partial charge is 0.478 e. The summed E-state index contributed by atoms with van der Waals surface area (Å²) in [6, 6.07) is 4.86. The van der Waals surface area contributed by atoms with Crippen molar-refractivity contribution in [2.24, 2.45) is 5.41 Å². The summed E-state index contributed by atoms with van der Waals surface area (Å²) in [6.45, 7) is 4.52. The quantitative estimate of drug-likeness (QED) is 0.890. The lowest BCUT2D eigenvalue weighted by Gasteiger charge is -2.36. The Labute approximate surface area is 117 Å². The lowest BCUT2D eigenvalue weighted by atomic mass is 9.69. The first-order chi connectivity index (χ1) is 9.47. The van der Waals surface area contributed by atoms with Gasteiger partial charge in [0.2, 0.25) is 0 Å². The summed E-state index contributed by atoms with van der Waals surface area (Å²) in [4.78, 5) is 15.6. The average molecular weight is 273 g/mol. The summed E-state index contributed by atoms with van der Waals surface area (Å²) >= 11 is 0. The van der Waals surface area contributed by atoms with E-state index < -0.39 is 5.97 Å². The molecule has 0 saturated heterocycles. The Balaban J connectivity index is 2.02. The third kappa shape index (κ3) is 2.19. The van der Waals surface area contributed by atoms with Crippen LogP contribution in [0.25, 0.3) is 11.1 Å². The number of hydrogen-bond acceptors (Lipinski definition) is 3. The standard InChI is InChI=1S/C16H19NO3/c1-16(2)8-4-3-5-11(16)14-17-12-7-6-10(15(18)19)9-13(12)20-14/h6-7,9,11H,3-5,8H2,1-2H3,(H,18,19). The van der Waals surface area contributed by atoms with E-state index in [4.69, 9.17) is 9.52 Å². The molecule has 1 saturated carbocycles. The second kappa shape index (κ2) is 4.62. The van der Waals surface area contributed by atoms with Crippen molar-refractivity contribution in [3.63, 3.8) is 0 Å². The van der Waals surface area contributed by atoms with Gasteiger partial charge in [0.05, 0.1) is 5.56 Å². The van der Waals surface area contributed by atoms with E-state index >= 15 is 0 Å². The van der Waals surface area contributed by atoms with Gasteiger partial charge in [-0.15, -0.1) is 0 Å². The third-order valence-electron chi connectivity index (χ3n) is 4.46. The van der Waals surface area contributed by atoms with Crippen molar-refractivity contribution in [1.29, 1.82) is 0 Å². The van der Waals surface area contributed by atoms with Gasteiger partial charge in [0, 0.05) is 5.92 Å². The Bertz CT molecular complexity index is 657. The molecule has 1 fully saturated rings. The number of oxazole rings is 1. The van der Waals surface area contributed by atoms with Crippen LogP contribution in [0.2, 0.25) is 0 Å². The average Bonchev–Trinajstić information content (AvgIpc) is 2.80. The summed E-state index contributed by atoms with van der Waals surface area (Å²) in [5, 5.41) is 9.02. The minimum absolute atomic E-state index is 0.189. The third-order valence-corrected chi connectivity index (χ3v) is 4.46. The Morgan fingerprint density at radius 2 is 2.20 bits per heavy atom. The van der Waals surface area contributed by atoms with Crippen LogP contribution in [0.1, 0.15) is 61.7 Å². The number of nitrogens with zero attached hydrogens (tertiary/aromatic N) is 1. The summed E-state index contributed by atoms with van der Waals surface area (Å²) in [7, 11) is 0. The van der Waals surface area contributed by atoms with Crippen LogP contribution in [0.3, 0.4) is 0 Å². The van der Waals surface area contributed by atoms with E-state index in [0.29, 0.717) is 11.5 Å². The highest BCUT2D eigenvalue weighted by Gasteiger charge is 2.36. The van der Waals surface area contributed by atoms with Gasteiger partial charge in [-0.05, 0) is 36.5 Å². The number of hydrogen-bond donors (Lipinski definition) is 1. The number of carboxylic acid groups (broad SMARTS) is 1. The molecule has 1 aliphatic rings. The Morgan fingerprint density at radius 3 is 2.90 bits per heavy atom. The van der Waals surface area contributed by atoms with Crippen LogP contribution < -0.4 is 0 Å². The molecular formula is C16H19NO3. The van der Waals surface area contributed by atoms with Gasteiger partial charge < -0.3 is 9.52 Å². The van der Waals surface area contributed by atoms with Crippen LogP contribution in [-0.4, -0.2) is 16.1 Å². The fraction of sp³-hybridized carbons (Fsp3) is 0.500. The molecule has 1 atom stereocenters. The summed E-state index contributed by atoms with van der Waals surface area (Å²) < 4.78 is 5.86. The smallest absolute Gasteiger partial charge is 0.335 e. The lowest BCUT2D eigenvalue weighted by Crippen LogP contribution is -2.26. The second-order valence-corrected chi connectivity index (χ2v) is 6.33. The zero-order chi connectivity index (χ0) is 14.3. The fourth-order valence-electron chi connectivity index (χ4n) is 3.18. The Kier molecular flexibility index (Phi) is 3.04. The van der Waals surface area contributed by atoms with Gasteiger partial charge in [0.1, 0.15) is 5.52 Å². The highest BCUT2D eigenvalue weighted by atomic mass is 16.4. The molecule has 0 radical (unpaired) electrons. The van der Waals surface area contributed by atoms with Crippen LogP contribution in [0, 0.1) is 5.41 Å². The predicted octanol–water partition coefficient (Wildman–Crippen LogP) is 4.21.